The summed E-state index contributed by atoms with van der Waals surface area (Å²) in [5.41, 5.74) is 12.1. The Hall–Kier alpha value is -6.35. The highest BCUT2D eigenvalue weighted by molar-refractivity contribution is 6.51. The topological polar surface area (TPSA) is 129 Å². The third kappa shape index (κ3) is 14.1. The van der Waals surface area contributed by atoms with Gasteiger partial charge in [0.2, 0.25) is 0 Å². The van der Waals surface area contributed by atoms with Crippen LogP contribution in [0.2, 0.25) is 5.15 Å². The summed E-state index contributed by atoms with van der Waals surface area (Å²) in [4.78, 5) is 48.0. The molecular weight excluding hydrogens is 995 g/mol. The van der Waals surface area contributed by atoms with Crippen LogP contribution in [-0.2, 0) is 44.5 Å². The molecule has 406 valence electrons. The minimum atomic E-state index is -0.347. The van der Waals surface area contributed by atoms with Crippen LogP contribution in [0.3, 0.4) is 0 Å². The lowest BCUT2D eigenvalue weighted by Crippen LogP contribution is -2.41. The number of hydrogen-bond acceptors (Lipinski definition) is 12. The Morgan fingerprint density at radius 2 is 1.06 bits per heavy atom. The molecule has 0 bridgehead atoms. The summed E-state index contributed by atoms with van der Waals surface area (Å²) in [6.45, 7) is 15.6. The molecular formula is C64H74BClN6O6. The zero-order valence-electron chi connectivity index (χ0n) is 46.4. The molecule has 5 aliphatic rings. The maximum absolute atomic E-state index is 12.0. The van der Waals surface area contributed by atoms with Gasteiger partial charge in [0, 0.05) is 49.9 Å². The molecule has 12 nitrogen and oxygen atoms in total. The highest BCUT2D eigenvalue weighted by Gasteiger charge is 2.50. The van der Waals surface area contributed by atoms with Gasteiger partial charge < -0.3 is 28.6 Å². The van der Waals surface area contributed by atoms with Crippen molar-refractivity contribution in [3.63, 3.8) is 0 Å². The summed E-state index contributed by atoms with van der Waals surface area (Å²) in [6, 6.07) is 31.7. The van der Waals surface area contributed by atoms with E-state index in [1.165, 1.54) is 84.5 Å². The van der Waals surface area contributed by atoms with Gasteiger partial charge in [0.25, 0.3) is 0 Å². The van der Waals surface area contributed by atoms with Gasteiger partial charge in [-0.1, -0.05) is 115 Å². The van der Waals surface area contributed by atoms with Crippen molar-refractivity contribution in [2.24, 2.45) is 0 Å². The summed E-state index contributed by atoms with van der Waals surface area (Å²) >= 11 is 6.46. The van der Waals surface area contributed by atoms with Gasteiger partial charge >= 0.3 is 19.1 Å². The molecule has 0 spiro atoms. The third-order valence-corrected chi connectivity index (χ3v) is 16.0. The number of ether oxygens (including phenoxy) is 2. The van der Waals surface area contributed by atoms with Gasteiger partial charge in [-0.15, -0.1) is 0 Å². The molecule has 3 saturated heterocycles. The lowest BCUT2D eigenvalue weighted by Gasteiger charge is -2.32. The van der Waals surface area contributed by atoms with Crippen LogP contribution >= 0.6 is 11.6 Å². The number of carbonyl (C=O) groups is 2. The van der Waals surface area contributed by atoms with E-state index < -0.39 is 0 Å². The van der Waals surface area contributed by atoms with E-state index in [9.17, 15) is 9.59 Å². The number of methoxy groups -OCH3 is 2. The minimum Gasteiger partial charge on any atom is -0.465 e. The molecule has 0 atom stereocenters. The third-order valence-electron chi connectivity index (χ3n) is 15.7. The van der Waals surface area contributed by atoms with Gasteiger partial charge in [-0.25, -0.2) is 29.5 Å². The summed E-state index contributed by atoms with van der Waals surface area (Å²) in [5.74, 6) is 2.95. The van der Waals surface area contributed by atoms with E-state index in [4.69, 9.17) is 45.3 Å². The maximum Gasteiger partial charge on any atom is 0.486 e. The van der Waals surface area contributed by atoms with E-state index in [0.717, 1.165) is 87.8 Å². The number of piperidine rings is 2. The Labute approximate surface area is 466 Å². The van der Waals surface area contributed by atoms with E-state index in [-0.39, 0.29) is 30.3 Å². The fraction of sp³-hybridized carbons (Fsp3) is 0.406. The van der Waals surface area contributed by atoms with Crippen molar-refractivity contribution in [2.45, 2.75) is 116 Å². The Morgan fingerprint density at radius 3 is 1.56 bits per heavy atom. The highest BCUT2D eigenvalue weighted by atomic mass is 35.5. The second-order valence-electron chi connectivity index (χ2n) is 21.8. The second kappa shape index (κ2) is 26.1. The van der Waals surface area contributed by atoms with Crippen molar-refractivity contribution < 1.29 is 28.4 Å². The maximum atomic E-state index is 12.0. The van der Waals surface area contributed by atoms with Crippen LogP contribution in [0.15, 0.2) is 115 Å². The van der Waals surface area contributed by atoms with Crippen molar-refractivity contribution in [3.05, 3.63) is 182 Å². The number of benzene rings is 4. The zero-order chi connectivity index (χ0) is 54.7. The molecule has 78 heavy (non-hydrogen) atoms. The number of aromatic nitrogens is 4. The van der Waals surface area contributed by atoms with Crippen LogP contribution in [-0.4, -0.2) is 113 Å². The summed E-state index contributed by atoms with van der Waals surface area (Å²) < 4.78 is 21.6. The smallest absolute Gasteiger partial charge is 0.465 e. The second-order valence-corrected chi connectivity index (χ2v) is 22.2. The first kappa shape index (κ1) is 56.4. The molecule has 11 rings (SSSR count). The Bertz CT molecular complexity index is 3090. The first-order chi connectivity index (χ1) is 37.8. The molecule has 0 amide bonds. The molecule has 2 aliphatic carbocycles. The largest absolute Gasteiger partial charge is 0.486 e. The number of halogens is 1. The molecule has 6 aromatic rings. The highest BCUT2D eigenvalue weighted by Crippen LogP contribution is 2.41. The molecule has 3 fully saturated rings. The van der Waals surface area contributed by atoms with E-state index in [1.807, 2.05) is 78.9 Å². The molecule has 0 radical (unpaired) electrons. The van der Waals surface area contributed by atoms with Crippen molar-refractivity contribution in [1.82, 2.24) is 29.7 Å². The molecule has 3 aliphatic heterocycles. The summed E-state index contributed by atoms with van der Waals surface area (Å²) in [7, 11) is 2.60. The van der Waals surface area contributed by atoms with Crippen LogP contribution in [0.5, 0.6) is 0 Å². The molecule has 0 unspecified atom stereocenters. The lowest BCUT2D eigenvalue weighted by molar-refractivity contribution is 0.00578. The first-order valence-electron chi connectivity index (χ1n) is 27.9. The van der Waals surface area contributed by atoms with Crippen LogP contribution in [0.1, 0.15) is 151 Å². The number of nitrogens with zero attached hydrogens (tertiary/aromatic N) is 6. The van der Waals surface area contributed by atoms with Crippen molar-refractivity contribution in [2.75, 3.05) is 53.5 Å². The van der Waals surface area contributed by atoms with Crippen LogP contribution < -0.4 is 0 Å². The van der Waals surface area contributed by atoms with Gasteiger partial charge in [0.15, 0.2) is 0 Å². The molecule has 14 heteroatoms. The quantitative estimate of drug-likeness (QED) is 0.0584. The average Bonchev–Trinajstić information content (AvgIpc) is 4.21. The van der Waals surface area contributed by atoms with Crippen molar-refractivity contribution >= 4 is 36.7 Å². The van der Waals surface area contributed by atoms with Gasteiger partial charge in [0.1, 0.15) is 16.8 Å². The monoisotopic (exact) mass is 1070 g/mol. The predicted octanol–water partition coefficient (Wildman–Crippen LogP) is 12.4. The molecule has 0 N–H and O–H groups in total. The molecule has 4 aromatic carbocycles. The number of hydrogen-bond donors (Lipinski definition) is 0. The van der Waals surface area contributed by atoms with Gasteiger partial charge in [0.05, 0.1) is 53.6 Å². The summed E-state index contributed by atoms with van der Waals surface area (Å²) in [6.07, 6.45) is 19.5. The Kier molecular flexibility index (Phi) is 18.8. The van der Waals surface area contributed by atoms with Crippen molar-refractivity contribution in [1.29, 1.82) is 0 Å². The van der Waals surface area contributed by atoms with E-state index in [0.29, 0.717) is 47.8 Å². The first-order valence-corrected chi connectivity index (χ1v) is 28.2. The Morgan fingerprint density at radius 1 is 0.603 bits per heavy atom. The standard InChI is InChI=1S/C29H31N3O2.C20H15ClN2O2.C15H28BNO2/c1-34-29(33)22-13-14-24-23(19-22)20-26-28(24)25(12-6-9-17-32-15-7-3-8-16-32)30-27(31-26)18-21-10-4-2-5-11-21;1-25-20(24)13-7-8-15-14(10-13)11-16-18(15)19(21)23-17(22-16)9-12-5-3-2-4-6-12;1-14(2)15(3,4)19-16(18-14)10-6-9-13-17-11-7-5-8-12-17/h2,4-6,10-14,19H,3,7-9,15-18,20H2,1H3;2-8,10H,9,11H2,1H3;6,10H,5,7-9,11-13H2,1-4H3/b12-6+;;10-6+. The van der Waals surface area contributed by atoms with E-state index >= 15 is 0 Å². The predicted molar refractivity (Wildman–Crippen MR) is 311 cm³/mol. The number of rotatable bonds is 14. The normalized spacial score (nSPS) is 17.1. The van der Waals surface area contributed by atoms with Gasteiger partial charge in [-0.05, 0) is 156 Å². The van der Waals surface area contributed by atoms with Gasteiger partial charge in [-0.3, -0.25) is 0 Å². The average molecular weight is 1070 g/mol. The number of fused-ring (bicyclic) bond motifs is 6. The fourth-order valence-electron chi connectivity index (χ4n) is 10.8. The number of carbonyl (C=O) groups excluding carboxylic acids is 2. The van der Waals surface area contributed by atoms with Crippen LogP contribution in [0.4, 0.5) is 0 Å². The number of likely N-dealkylation sites (tertiary alicyclic amines) is 2. The van der Waals surface area contributed by atoms with Crippen LogP contribution in [0.25, 0.3) is 28.3 Å². The molecule has 2 aromatic heterocycles. The minimum absolute atomic E-state index is 0.189. The summed E-state index contributed by atoms with van der Waals surface area (Å²) in [5, 5.41) is 0.459. The SMILES string of the molecule is CC1(C)OB(/C=C/CCN2CCCCC2)OC1(C)C.COC(=O)c1ccc2c(c1)Cc1nc(Cc3ccccc3)nc(/C=C/CCN3CCCCC3)c1-2.COC(=O)c1ccc2c(c1)Cc1nc(Cc3ccccc3)nc(Cl)c1-2. The van der Waals surface area contributed by atoms with E-state index in [1.54, 1.807) is 6.07 Å². The van der Waals surface area contributed by atoms with Crippen molar-refractivity contribution in [3.8, 4) is 22.3 Å². The lowest BCUT2D eigenvalue weighted by atomic mass is 9.90. The molecule has 0 saturated carbocycles. The van der Waals surface area contributed by atoms with E-state index in [2.05, 4.69) is 78.8 Å². The Balaban J connectivity index is 0.000000149. The zero-order valence-corrected chi connectivity index (χ0v) is 47.1. The van der Waals surface area contributed by atoms with Gasteiger partial charge in [-0.2, -0.15) is 0 Å². The van der Waals surface area contributed by atoms with Crippen LogP contribution in [0, 0.1) is 0 Å². The molecule has 5 heterocycles. The fourth-order valence-corrected chi connectivity index (χ4v) is 11.1. The number of esters is 2.